The zero-order chi connectivity index (χ0) is 57.3. The molecule has 408 valence electrons. The van der Waals surface area contributed by atoms with E-state index in [0.717, 1.165) is 117 Å². The summed E-state index contributed by atoms with van der Waals surface area (Å²) < 4.78 is 14.8. The number of anilines is 6. The number of aryl methyl sites for hydroxylation is 4. The molecule has 2 atom stereocenters. The molecule has 0 amide bonds. The molecular weight excluding hydrogens is 1040 g/mol. The van der Waals surface area contributed by atoms with Gasteiger partial charge in [0.25, 0.3) is 0 Å². The van der Waals surface area contributed by atoms with Crippen LogP contribution < -0.4 is 9.80 Å². The first-order valence-corrected chi connectivity index (χ1v) is 30.0. The standard InChI is InChI=1S/C82H58N2O2/c1-49-29-37-53(38-30-49)83(54-39-31-50(2)32-40-54)73-47-71-63-23-11-7-19-59(63)57-17-5-9-21-61(57)67-46-70-68(45-69(67)77(71)79-65-25-13-15-27-75(65)85-81(73)79)62-22-10-6-18-58(62)60-20-8-12-24-64(60)72-48-74(82-80(78(70)72)66-26-14-16-28-76(66)86-82)84(55-41-33-51(3)34-42-55)56-43-35-52(4)36-44-56/h5-48,57,61H,1-4H3. The van der Waals surface area contributed by atoms with Crippen LogP contribution in [0.5, 0.6) is 0 Å². The van der Waals surface area contributed by atoms with Gasteiger partial charge < -0.3 is 18.6 Å². The summed E-state index contributed by atoms with van der Waals surface area (Å²) in [4.78, 5) is 4.79. The Kier molecular flexibility index (Phi) is 11.3. The van der Waals surface area contributed by atoms with Crippen LogP contribution >= 0.6 is 0 Å². The van der Waals surface area contributed by atoms with Crippen LogP contribution in [0, 0.1) is 27.7 Å². The fraction of sp³-hybridized carbons (Fsp3) is 0.0732. The second kappa shape index (κ2) is 19.5. The number of fused-ring (bicyclic) bond motifs is 24. The van der Waals surface area contributed by atoms with Crippen LogP contribution in [-0.4, -0.2) is 0 Å². The minimum Gasteiger partial charge on any atom is -0.454 e. The van der Waals surface area contributed by atoms with Gasteiger partial charge in [0.15, 0.2) is 11.2 Å². The Morgan fingerprint density at radius 2 is 0.651 bits per heavy atom. The first-order valence-electron chi connectivity index (χ1n) is 30.0. The van der Waals surface area contributed by atoms with Gasteiger partial charge in [-0.2, -0.15) is 0 Å². The van der Waals surface area contributed by atoms with E-state index in [9.17, 15) is 0 Å². The predicted molar refractivity (Wildman–Crippen MR) is 359 cm³/mol. The molecule has 0 bridgehead atoms. The lowest BCUT2D eigenvalue weighted by Gasteiger charge is -2.35. The molecule has 0 aliphatic heterocycles. The molecule has 3 aliphatic rings. The summed E-state index contributed by atoms with van der Waals surface area (Å²) in [7, 11) is 0. The Bertz CT molecular complexity index is 5060. The molecule has 2 aromatic heterocycles. The lowest BCUT2D eigenvalue weighted by molar-refractivity contribution is 0.669. The monoisotopic (exact) mass is 1100 g/mol. The van der Waals surface area contributed by atoms with Crippen molar-refractivity contribution in [3.63, 3.8) is 0 Å². The third-order valence-corrected chi connectivity index (χ3v) is 18.5. The Hall–Kier alpha value is -10.7. The molecule has 86 heavy (non-hydrogen) atoms. The van der Waals surface area contributed by atoms with E-state index in [1.54, 1.807) is 0 Å². The molecule has 4 heteroatoms. The highest BCUT2D eigenvalue weighted by atomic mass is 16.3. The largest absolute Gasteiger partial charge is 0.454 e. The lowest BCUT2D eigenvalue weighted by atomic mass is 9.69. The Morgan fingerprint density at radius 1 is 0.291 bits per heavy atom. The molecule has 12 aromatic carbocycles. The highest BCUT2D eigenvalue weighted by Gasteiger charge is 2.37. The summed E-state index contributed by atoms with van der Waals surface area (Å²) in [6.45, 7) is 8.62. The quantitative estimate of drug-likeness (QED) is 0.166. The highest BCUT2D eigenvalue weighted by molar-refractivity contribution is 6.25. The number of hydrogen-bond donors (Lipinski definition) is 0. The van der Waals surface area contributed by atoms with Gasteiger partial charge in [0.1, 0.15) is 11.2 Å². The van der Waals surface area contributed by atoms with E-state index in [1.165, 1.54) is 61.2 Å². The van der Waals surface area contributed by atoms with E-state index in [-0.39, 0.29) is 11.8 Å². The molecule has 14 aromatic rings. The summed E-state index contributed by atoms with van der Waals surface area (Å²) >= 11 is 0. The van der Waals surface area contributed by atoms with Crippen molar-refractivity contribution in [2.75, 3.05) is 9.80 Å². The highest BCUT2D eigenvalue weighted by Crippen LogP contribution is 2.60. The number of nitrogens with zero attached hydrogens (tertiary/aromatic N) is 2. The van der Waals surface area contributed by atoms with Crippen LogP contribution in [0.1, 0.15) is 45.2 Å². The van der Waals surface area contributed by atoms with Gasteiger partial charge in [0.2, 0.25) is 0 Å². The van der Waals surface area contributed by atoms with Crippen molar-refractivity contribution in [3.05, 3.63) is 300 Å². The minimum absolute atomic E-state index is 0.0162. The molecule has 17 rings (SSSR count). The van der Waals surface area contributed by atoms with Crippen molar-refractivity contribution in [2.45, 2.75) is 39.5 Å². The van der Waals surface area contributed by atoms with Gasteiger partial charge in [-0.05, 0) is 179 Å². The maximum atomic E-state index is 7.40. The maximum Gasteiger partial charge on any atom is 0.160 e. The second-order valence-electron chi connectivity index (χ2n) is 23.7. The van der Waals surface area contributed by atoms with Gasteiger partial charge in [-0.3, -0.25) is 0 Å². The fourth-order valence-electron chi connectivity index (χ4n) is 14.4. The Morgan fingerprint density at radius 3 is 1.12 bits per heavy atom. The third kappa shape index (κ3) is 7.69. The van der Waals surface area contributed by atoms with Crippen LogP contribution in [0.4, 0.5) is 34.1 Å². The summed E-state index contributed by atoms with van der Waals surface area (Å²) in [5.74, 6) is -0.0209. The zero-order valence-electron chi connectivity index (χ0n) is 48.3. The van der Waals surface area contributed by atoms with Gasteiger partial charge in [-0.1, -0.05) is 204 Å². The van der Waals surface area contributed by atoms with Gasteiger partial charge >= 0.3 is 0 Å². The number of hydrogen-bond acceptors (Lipinski definition) is 4. The van der Waals surface area contributed by atoms with E-state index < -0.39 is 0 Å². The van der Waals surface area contributed by atoms with Gasteiger partial charge in [-0.25, -0.2) is 0 Å². The molecule has 0 fully saturated rings. The molecule has 2 heterocycles. The summed E-state index contributed by atoms with van der Waals surface area (Å²) in [5, 5.41) is 4.32. The predicted octanol–water partition coefficient (Wildman–Crippen LogP) is 23.3. The molecule has 4 nitrogen and oxygen atoms in total. The van der Waals surface area contributed by atoms with Crippen molar-refractivity contribution < 1.29 is 8.83 Å². The fourth-order valence-corrected chi connectivity index (χ4v) is 14.4. The number of furan rings is 2. The van der Waals surface area contributed by atoms with Crippen LogP contribution in [0.2, 0.25) is 0 Å². The summed E-state index contributed by atoms with van der Waals surface area (Å²) in [5.41, 5.74) is 30.9. The van der Waals surface area contributed by atoms with Gasteiger partial charge in [0, 0.05) is 67.3 Å². The topological polar surface area (TPSA) is 32.8 Å². The molecule has 0 saturated heterocycles. The van der Waals surface area contributed by atoms with Crippen molar-refractivity contribution in [2.24, 2.45) is 0 Å². The molecule has 0 saturated carbocycles. The first kappa shape index (κ1) is 49.9. The summed E-state index contributed by atoms with van der Waals surface area (Å²) in [6, 6.07) is 90.2. The number of rotatable bonds is 6. The molecular formula is C82H58N2O2. The van der Waals surface area contributed by atoms with E-state index in [1.807, 2.05) is 0 Å². The Balaban J connectivity index is 1.05. The van der Waals surface area contributed by atoms with Crippen LogP contribution in [-0.2, 0) is 0 Å². The van der Waals surface area contributed by atoms with Gasteiger partial charge in [0.05, 0.1) is 11.4 Å². The van der Waals surface area contributed by atoms with Crippen molar-refractivity contribution >= 4 is 78.0 Å². The molecule has 3 aliphatic carbocycles. The Labute approximate surface area is 500 Å². The van der Waals surface area contributed by atoms with Gasteiger partial charge in [-0.15, -0.1) is 0 Å². The van der Waals surface area contributed by atoms with Crippen molar-refractivity contribution in [1.29, 1.82) is 0 Å². The maximum absolute atomic E-state index is 7.40. The minimum atomic E-state index is -0.0371. The normalized spacial score (nSPS) is 14.4. The smallest absolute Gasteiger partial charge is 0.160 e. The van der Waals surface area contributed by atoms with Crippen LogP contribution in [0.15, 0.2) is 276 Å². The molecule has 2 unspecified atom stereocenters. The van der Waals surface area contributed by atoms with Crippen LogP contribution in [0.3, 0.4) is 0 Å². The molecule has 0 spiro atoms. The average molecular weight is 1100 g/mol. The number of para-hydroxylation sites is 2. The number of benzene rings is 12. The SMILES string of the molecule is Cc1ccc(N(c2ccc(C)cc2)c2cc3c(c4c2oc2ccccc24)-c2cc4c(cc2-c2ccccc2-c2ccccc2-3)-c2c(cc(N(c3ccc(C)cc3)c3ccc(C)cc3)c3oc5ccccc5c23)-c2ccccc2C2C=CC=CC42)cc1. The second-order valence-corrected chi connectivity index (χ2v) is 23.7. The molecule has 0 N–H and O–H groups in total. The third-order valence-electron chi connectivity index (χ3n) is 18.5. The zero-order valence-corrected chi connectivity index (χ0v) is 48.3. The van der Waals surface area contributed by atoms with E-state index >= 15 is 0 Å². The van der Waals surface area contributed by atoms with E-state index in [2.05, 4.69) is 304 Å². The lowest BCUT2D eigenvalue weighted by Crippen LogP contribution is -2.16. The van der Waals surface area contributed by atoms with E-state index in [4.69, 9.17) is 8.83 Å². The van der Waals surface area contributed by atoms with Crippen molar-refractivity contribution in [1.82, 2.24) is 0 Å². The van der Waals surface area contributed by atoms with Crippen LogP contribution in [0.25, 0.3) is 111 Å². The van der Waals surface area contributed by atoms with E-state index in [0.29, 0.717) is 0 Å². The number of allylic oxidation sites excluding steroid dienone is 4. The average Bonchev–Trinajstić information content (AvgIpc) is 1.28. The first-order chi connectivity index (χ1) is 42.3. The van der Waals surface area contributed by atoms with Crippen molar-refractivity contribution in [3.8, 4) is 66.8 Å². The molecule has 0 radical (unpaired) electrons. The summed E-state index contributed by atoms with van der Waals surface area (Å²) in [6.07, 6.45) is 9.40.